The highest BCUT2D eigenvalue weighted by Crippen LogP contribution is 2.19. The number of aromatic amines is 1. The van der Waals surface area contributed by atoms with Crippen molar-refractivity contribution in [2.45, 2.75) is 37.2 Å². The molecule has 1 saturated heterocycles. The number of para-hydroxylation sites is 2. The van der Waals surface area contributed by atoms with E-state index in [0.29, 0.717) is 29.6 Å². The van der Waals surface area contributed by atoms with Gasteiger partial charge in [0.15, 0.2) is 10.7 Å². The lowest BCUT2D eigenvalue weighted by molar-refractivity contribution is 0.0941. The molecule has 132 valence electrons. The minimum Gasteiger partial charge on any atom is -0.408 e. The summed E-state index contributed by atoms with van der Waals surface area (Å²) in [6, 6.07) is 7.33. The fraction of sp³-hybridized carbons (Fsp3) is 0.438. The summed E-state index contributed by atoms with van der Waals surface area (Å²) >= 11 is 1.43. The lowest BCUT2D eigenvalue weighted by Gasteiger charge is -2.11. The number of H-pyrrole nitrogens is 1. The Kier molecular flexibility index (Phi) is 4.50. The Morgan fingerprint density at radius 1 is 1.28 bits per heavy atom. The molecule has 0 amide bonds. The smallest absolute Gasteiger partial charge is 0.408 e. The monoisotopic (exact) mass is 362 g/mol. The SMILES string of the molecule is O=c1[nH]nc(SCCn2c(=O)oc3ccccc32)n1CC1CCCO1. The number of ether oxygens (including phenoxy) is 1. The van der Waals surface area contributed by atoms with Crippen molar-refractivity contribution in [2.75, 3.05) is 12.4 Å². The number of thioether (sulfide) groups is 1. The van der Waals surface area contributed by atoms with E-state index in [1.807, 2.05) is 18.2 Å². The molecule has 9 heteroatoms. The van der Waals surface area contributed by atoms with Gasteiger partial charge in [-0.1, -0.05) is 23.9 Å². The molecular weight excluding hydrogens is 344 g/mol. The molecule has 0 saturated carbocycles. The van der Waals surface area contributed by atoms with Crippen LogP contribution in [0, 0.1) is 0 Å². The summed E-state index contributed by atoms with van der Waals surface area (Å²) < 4.78 is 14.0. The highest BCUT2D eigenvalue weighted by molar-refractivity contribution is 7.99. The lowest BCUT2D eigenvalue weighted by Crippen LogP contribution is -2.25. The van der Waals surface area contributed by atoms with Gasteiger partial charge in [-0.15, -0.1) is 5.10 Å². The van der Waals surface area contributed by atoms with Crippen LogP contribution in [-0.4, -0.2) is 37.8 Å². The Morgan fingerprint density at radius 3 is 3.00 bits per heavy atom. The first-order valence-electron chi connectivity index (χ1n) is 8.20. The van der Waals surface area contributed by atoms with Gasteiger partial charge in [-0.2, -0.15) is 0 Å². The first kappa shape index (κ1) is 16.2. The van der Waals surface area contributed by atoms with E-state index >= 15 is 0 Å². The summed E-state index contributed by atoms with van der Waals surface area (Å²) in [6.07, 6.45) is 2.05. The molecule has 8 nitrogen and oxygen atoms in total. The fourth-order valence-electron chi connectivity index (χ4n) is 3.02. The maximum atomic E-state index is 12.0. The Labute approximate surface area is 146 Å². The fourth-order valence-corrected chi connectivity index (χ4v) is 3.90. The molecule has 0 bridgehead atoms. The molecule has 1 aromatic carbocycles. The van der Waals surface area contributed by atoms with Crippen LogP contribution < -0.4 is 11.4 Å². The zero-order valence-electron chi connectivity index (χ0n) is 13.5. The third-order valence-electron chi connectivity index (χ3n) is 4.25. The molecule has 1 unspecified atom stereocenters. The highest BCUT2D eigenvalue weighted by atomic mass is 32.2. The first-order valence-corrected chi connectivity index (χ1v) is 9.19. The van der Waals surface area contributed by atoms with Crippen molar-refractivity contribution in [1.29, 1.82) is 0 Å². The number of rotatable bonds is 6. The van der Waals surface area contributed by atoms with Gasteiger partial charge in [0.1, 0.15) is 0 Å². The van der Waals surface area contributed by atoms with E-state index in [2.05, 4.69) is 10.2 Å². The summed E-state index contributed by atoms with van der Waals surface area (Å²) in [7, 11) is 0. The van der Waals surface area contributed by atoms with Crippen molar-refractivity contribution < 1.29 is 9.15 Å². The number of aromatic nitrogens is 4. The first-order chi connectivity index (χ1) is 12.2. The van der Waals surface area contributed by atoms with Crippen LogP contribution in [0.5, 0.6) is 0 Å². The molecule has 0 radical (unpaired) electrons. The Hall–Kier alpha value is -2.26. The van der Waals surface area contributed by atoms with E-state index in [1.165, 1.54) is 11.8 Å². The van der Waals surface area contributed by atoms with E-state index in [4.69, 9.17) is 9.15 Å². The van der Waals surface area contributed by atoms with Gasteiger partial charge in [0.05, 0.1) is 18.2 Å². The molecule has 1 aliphatic rings. The second kappa shape index (κ2) is 6.93. The van der Waals surface area contributed by atoms with E-state index in [0.717, 1.165) is 25.0 Å². The van der Waals surface area contributed by atoms with Crippen LogP contribution in [0.25, 0.3) is 11.1 Å². The number of fused-ring (bicyclic) bond motifs is 1. The number of oxazole rings is 1. The zero-order chi connectivity index (χ0) is 17.2. The number of hydrogen-bond donors (Lipinski definition) is 1. The topological polar surface area (TPSA) is 95.0 Å². The van der Waals surface area contributed by atoms with Gasteiger partial charge in [0, 0.05) is 18.9 Å². The van der Waals surface area contributed by atoms with Crippen LogP contribution in [0.1, 0.15) is 12.8 Å². The van der Waals surface area contributed by atoms with Crippen LogP contribution in [0.15, 0.2) is 43.4 Å². The normalized spacial score (nSPS) is 17.5. The Morgan fingerprint density at radius 2 is 2.16 bits per heavy atom. The molecule has 3 aromatic rings. The molecule has 0 aliphatic carbocycles. The quantitative estimate of drug-likeness (QED) is 0.667. The second-order valence-electron chi connectivity index (χ2n) is 5.89. The second-order valence-corrected chi connectivity index (χ2v) is 6.95. The van der Waals surface area contributed by atoms with E-state index < -0.39 is 0 Å². The molecule has 1 N–H and O–H groups in total. The number of nitrogens with zero attached hydrogens (tertiary/aromatic N) is 3. The molecule has 2 aromatic heterocycles. The van der Waals surface area contributed by atoms with Crippen LogP contribution >= 0.6 is 11.8 Å². The Balaban J connectivity index is 1.46. The van der Waals surface area contributed by atoms with Gasteiger partial charge < -0.3 is 9.15 Å². The summed E-state index contributed by atoms with van der Waals surface area (Å²) in [5.41, 5.74) is 1.11. The van der Waals surface area contributed by atoms with E-state index in [1.54, 1.807) is 15.2 Å². The summed E-state index contributed by atoms with van der Waals surface area (Å²) in [5, 5.41) is 7.19. The number of aryl methyl sites for hydroxylation is 1. The third-order valence-corrected chi connectivity index (χ3v) is 5.21. The molecule has 25 heavy (non-hydrogen) atoms. The van der Waals surface area contributed by atoms with Gasteiger partial charge >= 0.3 is 11.4 Å². The van der Waals surface area contributed by atoms with Crippen LogP contribution in [0.4, 0.5) is 0 Å². The highest BCUT2D eigenvalue weighted by Gasteiger charge is 2.19. The predicted molar refractivity (Wildman–Crippen MR) is 93.0 cm³/mol. The molecule has 3 heterocycles. The molecule has 0 spiro atoms. The van der Waals surface area contributed by atoms with Crippen LogP contribution in [0.2, 0.25) is 0 Å². The minimum atomic E-state index is -0.374. The molecular formula is C16H18N4O4S. The van der Waals surface area contributed by atoms with E-state index in [-0.39, 0.29) is 17.5 Å². The largest absolute Gasteiger partial charge is 0.419 e. The summed E-state index contributed by atoms with van der Waals surface area (Å²) in [6.45, 7) is 1.73. The molecule has 4 rings (SSSR count). The summed E-state index contributed by atoms with van der Waals surface area (Å²) in [4.78, 5) is 23.9. The van der Waals surface area contributed by atoms with Crippen molar-refractivity contribution in [1.82, 2.24) is 19.3 Å². The molecule has 1 fully saturated rings. The van der Waals surface area contributed by atoms with Gasteiger partial charge in [-0.3, -0.25) is 9.13 Å². The molecule has 1 atom stereocenters. The number of benzene rings is 1. The average Bonchev–Trinajstić information content (AvgIpc) is 3.31. The number of hydrogen-bond acceptors (Lipinski definition) is 6. The van der Waals surface area contributed by atoms with E-state index in [9.17, 15) is 9.59 Å². The third kappa shape index (κ3) is 3.29. The average molecular weight is 362 g/mol. The van der Waals surface area contributed by atoms with Crippen LogP contribution in [-0.2, 0) is 17.8 Å². The predicted octanol–water partition coefficient (Wildman–Crippen LogP) is 1.45. The maximum absolute atomic E-state index is 12.0. The minimum absolute atomic E-state index is 0.0649. The van der Waals surface area contributed by atoms with Crippen molar-refractivity contribution in [3.8, 4) is 0 Å². The number of nitrogens with one attached hydrogen (secondary N) is 1. The van der Waals surface area contributed by atoms with Crippen molar-refractivity contribution in [2.24, 2.45) is 0 Å². The maximum Gasteiger partial charge on any atom is 0.419 e. The van der Waals surface area contributed by atoms with Gasteiger partial charge in [0.25, 0.3) is 0 Å². The standard InChI is InChI=1S/C16H18N4O4S/c21-14-17-18-15(20(14)10-11-4-3-8-23-11)25-9-7-19-12-5-1-2-6-13(12)24-16(19)22/h1-2,5-6,11H,3-4,7-10H2,(H,17,21). The van der Waals surface area contributed by atoms with Crippen LogP contribution in [0.3, 0.4) is 0 Å². The van der Waals surface area contributed by atoms with Crippen molar-refractivity contribution in [3.05, 3.63) is 45.3 Å². The zero-order valence-corrected chi connectivity index (χ0v) is 14.3. The Bertz CT molecular complexity index is 980. The van der Waals surface area contributed by atoms with Gasteiger partial charge in [-0.05, 0) is 25.0 Å². The van der Waals surface area contributed by atoms with Gasteiger partial charge in [0.2, 0.25) is 0 Å². The van der Waals surface area contributed by atoms with Gasteiger partial charge in [-0.25, -0.2) is 14.7 Å². The van der Waals surface area contributed by atoms with Crippen molar-refractivity contribution >= 4 is 22.9 Å². The summed E-state index contributed by atoms with van der Waals surface area (Å²) in [5.74, 6) is 0.222. The van der Waals surface area contributed by atoms with Crippen molar-refractivity contribution in [3.63, 3.8) is 0 Å². The molecule has 1 aliphatic heterocycles. The lowest BCUT2D eigenvalue weighted by atomic mass is 10.2.